The highest BCUT2D eigenvalue weighted by Crippen LogP contribution is 2.29. The molecule has 0 aliphatic carbocycles. The van der Waals surface area contributed by atoms with E-state index in [1.165, 1.54) is 12.0 Å². The summed E-state index contributed by atoms with van der Waals surface area (Å²) in [6.07, 6.45) is 0.590. The lowest BCUT2D eigenvalue weighted by atomic mass is 10.1. The number of amides is 3. The SMILES string of the molecule is COc1ccc(Cl)cc1C(=O)N1CCC(N2C(=O)CSC2=O)C1. The predicted molar refractivity (Wildman–Crippen MR) is 87.0 cm³/mol. The fourth-order valence-electron chi connectivity index (χ4n) is 2.87. The van der Waals surface area contributed by atoms with E-state index < -0.39 is 0 Å². The smallest absolute Gasteiger partial charge is 0.289 e. The molecule has 0 spiro atoms. The fourth-order valence-corrected chi connectivity index (χ4v) is 3.82. The monoisotopic (exact) mass is 354 g/mol. The van der Waals surface area contributed by atoms with Crippen molar-refractivity contribution in [2.45, 2.75) is 12.5 Å². The van der Waals surface area contributed by atoms with Gasteiger partial charge in [0.2, 0.25) is 5.91 Å². The van der Waals surface area contributed by atoms with Crippen LogP contribution in [-0.4, -0.2) is 58.8 Å². The molecule has 2 saturated heterocycles. The molecule has 0 N–H and O–H groups in total. The second-order valence-corrected chi connectivity index (χ2v) is 6.72. The van der Waals surface area contributed by atoms with Gasteiger partial charge in [-0.2, -0.15) is 0 Å². The van der Waals surface area contributed by atoms with Gasteiger partial charge in [-0.25, -0.2) is 0 Å². The topological polar surface area (TPSA) is 66.9 Å². The molecule has 8 heteroatoms. The van der Waals surface area contributed by atoms with Crippen LogP contribution in [0.25, 0.3) is 0 Å². The molecule has 3 amide bonds. The van der Waals surface area contributed by atoms with Crippen LogP contribution in [0.2, 0.25) is 5.02 Å². The summed E-state index contributed by atoms with van der Waals surface area (Å²) < 4.78 is 5.21. The quantitative estimate of drug-likeness (QED) is 0.833. The summed E-state index contributed by atoms with van der Waals surface area (Å²) in [6.45, 7) is 0.827. The first-order valence-corrected chi connectivity index (χ1v) is 8.49. The average molecular weight is 355 g/mol. The largest absolute Gasteiger partial charge is 0.496 e. The molecule has 0 saturated carbocycles. The Labute approximate surface area is 142 Å². The molecule has 1 unspecified atom stereocenters. The summed E-state index contributed by atoms with van der Waals surface area (Å²) in [7, 11) is 1.49. The number of rotatable bonds is 3. The number of hydrogen-bond acceptors (Lipinski definition) is 5. The number of carbonyl (C=O) groups is 3. The Morgan fingerprint density at radius 1 is 1.39 bits per heavy atom. The molecular formula is C15H15ClN2O4S. The van der Waals surface area contributed by atoms with Crippen LogP contribution < -0.4 is 4.74 Å². The van der Waals surface area contributed by atoms with Gasteiger partial charge in [-0.1, -0.05) is 23.4 Å². The van der Waals surface area contributed by atoms with Crippen molar-refractivity contribution in [2.24, 2.45) is 0 Å². The van der Waals surface area contributed by atoms with Gasteiger partial charge in [0.25, 0.3) is 11.1 Å². The zero-order valence-corrected chi connectivity index (χ0v) is 14.0. The molecular weight excluding hydrogens is 340 g/mol. The number of benzene rings is 1. The summed E-state index contributed by atoms with van der Waals surface area (Å²) in [5.41, 5.74) is 0.383. The van der Waals surface area contributed by atoms with Crippen LogP contribution in [0.15, 0.2) is 18.2 Å². The standard InChI is InChI=1S/C15H15ClN2O4S/c1-22-12-3-2-9(16)6-11(12)14(20)17-5-4-10(7-17)18-13(19)8-23-15(18)21/h2-3,6,10H,4-5,7-8H2,1H3. The van der Waals surface area contributed by atoms with E-state index in [4.69, 9.17) is 16.3 Å². The minimum Gasteiger partial charge on any atom is -0.496 e. The number of likely N-dealkylation sites (tertiary alicyclic amines) is 1. The summed E-state index contributed by atoms with van der Waals surface area (Å²) in [6, 6.07) is 4.62. The van der Waals surface area contributed by atoms with E-state index in [-0.39, 0.29) is 28.8 Å². The van der Waals surface area contributed by atoms with Crippen LogP contribution in [-0.2, 0) is 4.79 Å². The molecule has 1 aromatic carbocycles. The number of imide groups is 1. The molecule has 0 aromatic heterocycles. The van der Waals surface area contributed by atoms with Crippen molar-refractivity contribution in [3.63, 3.8) is 0 Å². The highest BCUT2D eigenvalue weighted by atomic mass is 35.5. The highest BCUT2D eigenvalue weighted by Gasteiger charge is 2.40. The lowest BCUT2D eigenvalue weighted by Gasteiger charge is -2.22. The minimum absolute atomic E-state index is 0.181. The first kappa shape index (κ1) is 16.1. The van der Waals surface area contributed by atoms with Gasteiger partial charge in [0, 0.05) is 18.1 Å². The first-order valence-electron chi connectivity index (χ1n) is 7.13. The van der Waals surface area contributed by atoms with Crippen molar-refractivity contribution in [1.82, 2.24) is 9.80 Å². The van der Waals surface area contributed by atoms with Gasteiger partial charge in [0.15, 0.2) is 0 Å². The lowest BCUT2D eigenvalue weighted by Crippen LogP contribution is -2.41. The van der Waals surface area contributed by atoms with Crippen molar-refractivity contribution in [3.8, 4) is 5.75 Å². The number of halogens is 1. The third-order valence-corrected chi connectivity index (χ3v) is 5.06. The molecule has 122 valence electrons. The molecule has 2 aliphatic heterocycles. The molecule has 2 aliphatic rings. The van der Waals surface area contributed by atoms with Crippen molar-refractivity contribution >= 4 is 40.4 Å². The van der Waals surface area contributed by atoms with E-state index in [0.717, 1.165) is 11.8 Å². The lowest BCUT2D eigenvalue weighted by molar-refractivity contribution is -0.126. The Morgan fingerprint density at radius 3 is 2.83 bits per heavy atom. The van der Waals surface area contributed by atoms with Crippen LogP contribution in [0, 0.1) is 0 Å². The Hall–Kier alpha value is -1.73. The first-order chi connectivity index (χ1) is 11.0. The third-order valence-electron chi connectivity index (χ3n) is 3.99. The van der Waals surface area contributed by atoms with E-state index >= 15 is 0 Å². The number of thioether (sulfide) groups is 1. The van der Waals surface area contributed by atoms with Gasteiger partial charge in [0.1, 0.15) is 5.75 Å². The molecule has 2 fully saturated rings. The molecule has 6 nitrogen and oxygen atoms in total. The number of carbonyl (C=O) groups excluding carboxylic acids is 3. The summed E-state index contributed by atoms with van der Waals surface area (Å²) >= 11 is 6.98. The number of hydrogen-bond donors (Lipinski definition) is 0. The number of nitrogens with zero attached hydrogens (tertiary/aromatic N) is 2. The number of ether oxygens (including phenoxy) is 1. The van der Waals surface area contributed by atoms with Crippen LogP contribution in [0.1, 0.15) is 16.8 Å². The fraction of sp³-hybridized carbons (Fsp3) is 0.400. The van der Waals surface area contributed by atoms with E-state index in [9.17, 15) is 14.4 Å². The maximum Gasteiger partial charge on any atom is 0.289 e. The Balaban J connectivity index is 1.76. The van der Waals surface area contributed by atoms with Gasteiger partial charge in [-0.05, 0) is 24.6 Å². The average Bonchev–Trinajstić information content (AvgIpc) is 3.13. The molecule has 1 atom stereocenters. The molecule has 2 heterocycles. The zero-order chi connectivity index (χ0) is 16.6. The van der Waals surface area contributed by atoms with Gasteiger partial charge >= 0.3 is 0 Å². The third kappa shape index (κ3) is 3.03. The summed E-state index contributed by atoms with van der Waals surface area (Å²) in [5, 5.41) is 0.223. The van der Waals surface area contributed by atoms with E-state index in [0.29, 0.717) is 35.8 Å². The van der Waals surface area contributed by atoms with Crippen LogP contribution in [0.3, 0.4) is 0 Å². The van der Waals surface area contributed by atoms with Gasteiger partial charge in [-0.3, -0.25) is 19.3 Å². The van der Waals surface area contributed by atoms with Crippen LogP contribution >= 0.6 is 23.4 Å². The van der Waals surface area contributed by atoms with Crippen LogP contribution in [0.4, 0.5) is 4.79 Å². The molecule has 3 rings (SSSR count). The van der Waals surface area contributed by atoms with Gasteiger partial charge in [-0.15, -0.1) is 0 Å². The second kappa shape index (κ2) is 6.41. The second-order valence-electron chi connectivity index (χ2n) is 5.36. The van der Waals surface area contributed by atoms with Gasteiger partial charge in [0.05, 0.1) is 24.5 Å². The Kier molecular flexibility index (Phi) is 4.50. The van der Waals surface area contributed by atoms with Crippen molar-refractivity contribution in [3.05, 3.63) is 28.8 Å². The molecule has 0 bridgehead atoms. The Morgan fingerprint density at radius 2 is 2.17 bits per heavy atom. The van der Waals surface area contributed by atoms with Crippen molar-refractivity contribution < 1.29 is 19.1 Å². The van der Waals surface area contributed by atoms with Crippen LogP contribution in [0.5, 0.6) is 5.75 Å². The van der Waals surface area contributed by atoms with E-state index in [1.807, 2.05) is 0 Å². The van der Waals surface area contributed by atoms with Crippen molar-refractivity contribution in [1.29, 1.82) is 0 Å². The summed E-state index contributed by atoms with van der Waals surface area (Å²) in [5.74, 6) is 0.246. The van der Waals surface area contributed by atoms with E-state index in [1.54, 1.807) is 23.1 Å². The molecule has 0 radical (unpaired) electrons. The minimum atomic E-state index is -0.251. The summed E-state index contributed by atoms with van der Waals surface area (Å²) in [4.78, 5) is 39.2. The maximum absolute atomic E-state index is 12.7. The van der Waals surface area contributed by atoms with Crippen molar-refractivity contribution in [2.75, 3.05) is 26.0 Å². The van der Waals surface area contributed by atoms with E-state index in [2.05, 4.69) is 0 Å². The highest BCUT2D eigenvalue weighted by molar-refractivity contribution is 8.14. The molecule has 23 heavy (non-hydrogen) atoms. The predicted octanol–water partition coefficient (Wildman–Crippen LogP) is 2.26. The normalized spacial score (nSPS) is 21.2. The Bertz CT molecular complexity index is 665. The molecule has 1 aromatic rings. The van der Waals surface area contributed by atoms with Gasteiger partial charge < -0.3 is 9.64 Å². The zero-order valence-electron chi connectivity index (χ0n) is 12.5. The maximum atomic E-state index is 12.7. The number of methoxy groups -OCH3 is 1.